The molecule has 3 unspecified atom stereocenters. The van der Waals surface area contributed by atoms with Crippen LogP contribution in [-0.4, -0.2) is 5.11 Å². The van der Waals surface area contributed by atoms with E-state index in [9.17, 15) is 9.50 Å². The molecule has 0 aromatic heterocycles. The van der Waals surface area contributed by atoms with Crippen LogP contribution in [0.25, 0.3) is 0 Å². The van der Waals surface area contributed by atoms with Gasteiger partial charge in [-0.15, -0.1) is 0 Å². The molecule has 2 aliphatic carbocycles. The Morgan fingerprint density at radius 2 is 1.88 bits per heavy atom. The minimum atomic E-state index is -0.961. The smallest absolute Gasteiger partial charge is 0.123 e. The van der Waals surface area contributed by atoms with Crippen LogP contribution in [0.15, 0.2) is 48.6 Å². The molecule has 1 N–H and O–H groups in total. The van der Waals surface area contributed by atoms with Crippen molar-refractivity contribution in [2.24, 2.45) is 11.8 Å². The van der Waals surface area contributed by atoms with Crippen molar-refractivity contribution >= 4 is 0 Å². The van der Waals surface area contributed by atoms with Gasteiger partial charge in [0.1, 0.15) is 11.4 Å². The molecule has 0 spiro atoms. The van der Waals surface area contributed by atoms with Crippen molar-refractivity contribution in [3.63, 3.8) is 0 Å². The third-order valence-electron chi connectivity index (χ3n) is 3.59. The van der Waals surface area contributed by atoms with E-state index in [2.05, 4.69) is 12.2 Å². The maximum Gasteiger partial charge on any atom is 0.123 e. The van der Waals surface area contributed by atoms with Gasteiger partial charge in [-0.05, 0) is 30.0 Å². The predicted octanol–water partition coefficient (Wildman–Crippen LogP) is 2.78. The fraction of sp³-hybridized carbons (Fsp3) is 0.286. The summed E-state index contributed by atoms with van der Waals surface area (Å²) >= 11 is 0. The Hall–Kier alpha value is -1.41. The van der Waals surface area contributed by atoms with Crippen LogP contribution >= 0.6 is 0 Å². The Morgan fingerprint density at radius 1 is 1.12 bits per heavy atom. The molecule has 0 saturated heterocycles. The van der Waals surface area contributed by atoms with Gasteiger partial charge in [0, 0.05) is 5.92 Å². The highest BCUT2D eigenvalue weighted by atomic mass is 19.1. The monoisotopic (exact) mass is 216 g/mol. The second-order valence-corrected chi connectivity index (χ2v) is 4.58. The summed E-state index contributed by atoms with van der Waals surface area (Å²) in [7, 11) is 0. The third kappa shape index (κ3) is 1.34. The Labute approximate surface area is 93.9 Å². The molecular weight excluding hydrogens is 203 g/mol. The second kappa shape index (κ2) is 3.29. The zero-order valence-electron chi connectivity index (χ0n) is 8.81. The summed E-state index contributed by atoms with van der Waals surface area (Å²) in [6.07, 6.45) is 9.02. The molecule has 0 fully saturated rings. The van der Waals surface area contributed by atoms with Crippen LogP contribution in [0.3, 0.4) is 0 Å². The number of aliphatic hydroxyl groups is 1. The van der Waals surface area contributed by atoms with Crippen LogP contribution in [-0.2, 0) is 5.60 Å². The molecule has 0 saturated carbocycles. The van der Waals surface area contributed by atoms with Crippen LogP contribution in [0.4, 0.5) is 4.39 Å². The number of rotatable bonds is 1. The van der Waals surface area contributed by atoms with Crippen molar-refractivity contribution in [3.8, 4) is 0 Å². The maximum absolute atomic E-state index is 12.9. The lowest BCUT2D eigenvalue weighted by Crippen LogP contribution is -2.33. The molecule has 1 aromatic rings. The average molecular weight is 216 g/mol. The first-order chi connectivity index (χ1) is 7.68. The first-order valence-corrected chi connectivity index (χ1v) is 5.54. The van der Waals surface area contributed by atoms with Gasteiger partial charge in [-0.25, -0.2) is 4.39 Å². The summed E-state index contributed by atoms with van der Waals surface area (Å²) in [4.78, 5) is 0. The molecule has 0 amide bonds. The van der Waals surface area contributed by atoms with E-state index < -0.39 is 5.60 Å². The van der Waals surface area contributed by atoms with Crippen molar-refractivity contribution in [2.75, 3.05) is 0 Å². The lowest BCUT2D eigenvalue weighted by Gasteiger charge is -2.34. The van der Waals surface area contributed by atoms with E-state index in [-0.39, 0.29) is 11.7 Å². The van der Waals surface area contributed by atoms with Gasteiger partial charge in [0.05, 0.1) is 0 Å². The van der Waals surface area contributed by atoms with Crippen molar-refractivity contribution in [1.82, 2.24) is 0 Å². The number of fused-ring (bicyclic) bond motifs is 2. The Morgan fingerprint density at radius 3 is 2.62 bits per heavy atom. The topological polar surface area (TPSA) is 20.2 Å². The van der Waals surface area contributed by atoms with E-state index in [1.807, 2.05) is 12.2 Å². The largest absolute Gasteiger partial charge is 0.380 e. The number of hydrogen-bond acceptors (Lipinski definition) is 1. The van der Waals surface area contributed by atoms with Gasteiger partial charge < -0.3 is 5.11 Å². The van der Waals surface area contributed by atoms with E-state index in [4.69, 9.17) is 0 Å². The van der Waals surface area contributed by atoms with Gasteiger partial charge in [0.15, 0.2) is 0 Å². The normalized spacial score (nSPS) is 35.6. The SMILES string of the molecule is OC1(c2ccc(F)cc2)C=CC2C=CC1C2. The standard InChI is InChI=1S/C14H13FO/c15-13-5-3-11(4-6-13)14(16)8-7-10-1-2-12(14)9-10/h1-8,10,12,16H,9H2. The number of hydrogen-bond donors (Lipinski definition) is 1. The predicted molar refractivity (Wildman–Crippen MR) is 60.2 cm³/mol. The van der Waals surface area contributed by atoms with Crippen molar-refractivity contribution < 1.29 is 9.50 Å². The number of benzene rings is 1. The van der Waals surface area contributed by atoms with Crippen molar-refractivity contribution in [1.29, 1.82) is 0 Å². The van der Waals surface area contributed by atoms with Gasteiger partial charge in [-0.1, -0.05) is 36.4 Å². The minimum Gasteiger partial charge on any atom is -0.380 e. The molecule has 1 aromatic carbocycles. The molecule has 2 bridgehead atoms. The summed E-state index contributed by atoms with van der Waals surface area (Å²) < 4.78 is 12.9. The van der Waals surface area contributed by atoms with Gasteiger partial charge in [0.25, 0.3) is 0 Å². The minimum absolute atomic E-state index is 0.118. The molecule has 0 aliphatic heterocycles. The molecule has 3 atom stereocenters. The fourth-order valence-corrected chi connectivity index (χ4v) is 2.62. The zero-order chi connectivity index (χ0) is 11.2. The van der Waals surface area contributed by atoms with Crippen molar-refractivity contribution in [3.05, 3.63) is 60.0 Å². The zero-order valence-corrected chi connectivity index (χ0v) is 8.81. The van der Waals surface area contributed by atoms with Crippen molar-refractivity contribution in [2.45, 2.75) is 12.0 Å². The van der Waals surface area contributed by atoms with Gasteiger partial charge in [-0.3, -0.25) is 0 Å². The van der Waals surface area contributed by atoms with Crippen LogP contribution in [0.1, 0.15) is 12.0 Å². The number of allylic oxidation sites excluding steroid dienone is 2. The summed E-state index contributed by atoms with van der Waals surface area (Å²) in [6, 6.07) is 6.11. The molecular formula is C14H13FO. The highest BCUT2D eigenvalue weighted by Crippen LogP contribution is 2.44. The summed E-state index contributed by atoms with van der Waals surface area (Å²) in [6.45, 7) is 0. The molecule has 1 nitrogen and oxygen atoms in total. The lowest BCUT2D eigenvalue weighted by molar-refractivity contribution is 0.0363. The molecule has 3 rings (SSSR count). The fourth-order valence-electron chi connectivity index (χ4n) is 2.62. The summed E-state index contributed by atoms with van der Waals surface area (Å²) in [5, 5.41) is 10.7. The highest BCUT2D eigenvalue weighted by Gasteiger charge is 2.40. The molecule has 16 heavy (non-hydrogen) atoms. The van der Waals surface area contributed by atoms with E-state index in [1.54, 1.807) is 12.1 Å². The average Bonchev–Trinajstić information content (AvgIpc) is 2.70. The van der Waals surface area contributed by atoms with Crippen LogP contribution < -0.4 is 0 Å². The second-order valence-electron chi connectivity index (χ2n) is 4.58. The lowest BCUT2D eigenvalue weighted by atomic mass is 9.76. The maximum atomic E-state index is 12.9. The van der Waals surface area contributed by atoms with E-state index in [0.29, 0.717) is 5.92 Å². The number of halogens is 1. The first kappa shape index (κ1) is 9.79. The van der Waals surface area contributed by atoms with E-state index in [1.165, 1.54) is 12.1 Å². The Kier molecular flexibility index (Phi) is 2.01. The van der Waals surface area contributed by atoms with Gasteiger partial charge in [-0.2, -0.15) is 0 Å². The molecule has 2 heteroatoms. The molecule has 0 radical (unpaired) electrons. The molecule has 2 aliphatic rings. The summed E-state index contributed by atoms with van der Waals surface area (Å²) in [5.41, 5.74) is -0.197. The van der Waals surface area contributed by atoms with Gasteiger partial charge >= 0.3 is 0 Å². The third-order valence-corrected chi connectivity index (χ3v) is 3.59. The quantitative estimate of drug-likeness (QED) is 0.716. The van der Waals surface area contributed by atoms with Crippen LogP contribution in [0.2, 0.25) is 0 Å². The van der Waals surface area contributed by atoms with Crippen LogP contribution in [0, 0.1) is 17.7 Å². The van der Waals surface area contributed by atoms with Crippen LogP contribution in [0.5, 0.6) is 0 Å². The Balaban J connectivity index is 2.05. The van der Waals surface area contributed by atoms with Gasteiger partial charge in [0.2, 0.25) is 0 Å². The molecule has 0 heterocycles. The van der Waals surface area contributed by atoms with E-state index in [0.717, 1.165) is 12.0 Å². The van der Waals surface area contributed by atoms with E-state index >= 15 is 0 Å². The summed E-state index contributed by atoms with van der Waals surface area (Å²) in [5.74, 6) is 0.311. The Bertz CT molecular complexity index is 460. The molecule has 82 valence electrons. The first-order valence-electron chi connectivity index (χ1n) is 5.54. The highest BCUT2D eigenvalue weighted by molar-refractivity contribution is 5.35.